The topological polar surface area (TPSA) is 116 Å². The lowest BCUT2D eigenvalue weighted by Crippen LogP contribution is -2.01. The summed E-state index contributed by atoms with van der Waals surface area (Å²) in [6, 6.07) is 3.32. The Labute approximate surface area is 81.1 Å². The molecule has 0 radical (unpaired) electrons. The fourth-order valence-electron chi connectivity index (χ4n) is 0.802. The van der Waals surface area contributed by atoms with E-state index >= 15 is 0 Å². The average molecular weight is 218 g/mol. The Hall–Kier alpha value is -1.67. The number of nitrogens with two attached hydrogens (primary N) is 1. The summed E-state index contributed by atoms with van der Waals surface area (Å²) in [6.45, 7) is 0. The first-order valence-corrected chi connectivity index (χ1v) is 4.37. The van der Waals surface area contributed by atoms with E-state index in [-0.39, 0.29) is 17.1 Å². The summed E-state index contributed by atoms with van der Waals surface area (Å²) >= 11 is -2.49. The highest BCUT2D eigenvalue weighted by Gasteiger charge is 2.10. The summed E-state index contributed by atoms with van der Waals surface area (Å²) in [5.41, 5.74) is 5.05. The van der Waals surface area contributed by atoms with Crippen LogP contribution in [-0.4, -0.2) is 13.7 Å². The predicted octanol–water partition coefficient (Wildman–Crippen LogP) is 0.693. The molecule has 7 nitrogen and oxygen atoms in total. The van der Waals surface area contributed by atoms with Crippen LogP contribution in [0.3, 0.4) is 0 Å². The first-order chi connectivity index (χ1) is 6.50. The first kappa shape index (κ1) is 10.4. The second kappa shape index (κ2) is 4.03. The molecule has 0 aromatic heterocycles. The largest absolute Gasteiger partial charge is 0.395 e. The molecule has 1 unspecified atom stereocenters. The third-order valence-electron chi connectivity index (χ3n) is 1.37. The molecule has 0 fully saturated rings. The highest BCUT2D eigenvalue weighted by molar-refractivity contribution is 7.74. The minimum Gasteiger partial charge on any atom is -0.395 e. The molecule has 0 amide bonds. The second-order valence-electron chi connectivity index (χ2n) is 2.28. The third-order valence-corrected chi connectivity index (χ3v) is 1.69. The van der Waals surface area contributed by atoms with Gasteiger partial charge in [0.1, 0.15) is 0 Å². The Morgan fingerprint density at radius 1 is 1.57 bits per heavy atom. The Morgan fingerprint density at radius 2 is 2.21 bits per heavy atom. The maximum Gasteiger partial charge on any atom is 0.357 e. The Morgan fingerprint density at radius 3 is 2.64 bits per heavy atom. The molecule has 76 valence electrons. The number of rotatable bonds is 3. The maximum atomic E-state index is 10.3. The molecule has 0 saturated heterocycles. The van der Waals surface area contributed by atoms with Gasteiger partial charge in [0.15, 0.2) is 5.75 Å². The predicted molar refractivity (Wildman–Crippen MR) is 48.9 cm³/mol. The number of hydrogen-bond acceptors (Lipinski definition) is 5. The van der Waals surface area contributed by atoms with Gasteiger partial charge in [-0.1, -0.05) is 0 Å². The Balaban J connectivity index is 3.01. The molecule has 1 atom stereocenters. The number of non-ortho nitro benzene ring substituents is 1. The van der Waals surface area contributed by atoms with Crippen LogP contribution in [0.2, 0.25) is 0 Å². The normalized spacial score (nSPS) is 12.1. The van der Waals surface area contributed by atoms with Gasteiger partial charge in [-0.3, -0.25) is 14.7 Å². The maximum absolute atomic E-state index is 10.3. The number of nitrogen functional groups attached to an aromatic ring is 1. The minimum atomic E-state index is -2.49. The van der Waals surface area contributed by atoms with E-state index in [2.05, 4.69) is 4.18 Å². The van der Waals surface area contributed by atoms with Crippen molar-refractivity contribution in [3.05, 3.63) is 28.3 Å². The van der Waals surface area contributed by atoms with E-state index in [4.69, 9.17) is 10.3 Å². The van der Waals surface area contributed by atoms with Crippen molar-refractivity contribution in [1.29, 1.82) is 0 Å². The average Bonchev–Trinajstić information content (AvgIpc) is 2.07. The van der Waals surface area contributed by atoms with E-state index in [1.54, 1.807) is 0 Å². The minimum absolute atomic E-state index is 0.0680. The van der Waals surface area contributed by atoms with Crippen LogP contribution in [-0.2, 0) is 11.4 Å². The van der Waals surface area contributed by atoms with E-state index in [1.807, 2.05) is 0 Å². The fourth-order valence-corrected chi connectivity index (χ4v) is 1.11. The molecule has 0 aliphatic heterocycles. The van der Waals surface area contributed by atoms with Crippen molar-refractivity contribution >= 4 is 22.7 Å². The van der Waals surface area contributed by atoms with Gasteiger partial charge in [0.2, 0.25) is 0 Å². The fraction of sp³-hybridized carbons (Fsp3) is 0. The SMILES string of the molecule is Nc1cc([N+](=O)[O-])ccc1OS(=O)O. The molecular formula is C6H6N2O5S. The molecule has 0 saturated carbocycles. The number of hydrogen-bond donors (Lipinski definition) is 2. The van der Waals surface area contributed by atoms with Crippen LogP contribution in [0.1, 0.15) is 0 Å². The molecule has 0 bridgehead atoms. The van der Waals surface area contributed by atoms with E-state index in [9.17, 15) is 14.3 Å². The van der Waals surface area contributed by atoms with Gasteiger partial charge in [-0.25, -0.2) is 0 Å². The standard InChI is InChI=1S/C6H6N2O5S/c7-5-3-4(8(9)10)1-2-6(5)13-14(11)12/h1-3H,7H2,(H,11,12). The molecule has 1 aromatic rings. The van der Waals surface area contributed by atoms with Crippen molar-refractivity contribution in [1.82, 2.24) is 0 Å². The van der Waals surface area contributed by atoms with Crippen molar-refractivity contribution in [2.75, 3.05) is 5.73 Å². The van der Waals surface area contributed by atoms with Gasteiger partial charge in [-0.15, -0.1) is 0 Å². The van der Waals surface area contributed by atoms with Gasteiger partial charge >= 0.3 is 11.4 Å². The van der Waals surface area contributed by atoms with Gasteiger partial charge in [-0.2, -0.15) is 4.21 Å². The Bertz CT molecular complexity index is 394. The Kier molecular flexibility index (Phi) is 2.99. The number of nitrogens with zero attached hydrogens (tertiary/aromatic N) is 1. The van der Waals surface area contributed by atoms with Gasteiger partial charge in [0.05, 0.1) is 10.6 Å². The van der Waals surface area contributed by atoms with Crippen LogP contribution in [0.4, 0.5) is 11.4 Å². The summed E-state index contributed by atoms with van der Waals surface area (Å²) in [5, 5.41) is 10.3. The zero-order valence-electron chi connectivity index (χ0n) is 6.75. The van der Waals surface area contributed by atoms with Crippen molar-refractivity contribution in [3.63, 3.8) is 0 Å². The van der Waals surface area contributed by atoms with E-state index in [0.29, 0.717) is 0 Å². The van der Waals surface area contributed by atoms with E-state index in [1.165, 1.54) is 0 Å². The number of nitro benzene ring substituents is 1. The summed E-state index contributed by atoms with van der Waals surface area (Å²) < 4.78 is 23.0. The van der Waals surface area contributed by atoms with Crippen LogP contribution in [0.25, 0.3) is 0 Å². The molecule has 0 heterocycles. The van der Waals surface area contributed by atoms with Crippen LogP contribution < -0.4 is 9.92 Å². The highest BCUT2D eigenvalue weighted by atomic mass is 32.2. The molecule has 8 heteroatoms. The van der Waals surface area contributed by atoms with Crippen LogP contribution in [0, 0.1) is 10.1 Å². The van der Waals surface area contributed by atoms with Crippen molar-refractivity contribution in [2.24, 2.45) is 0 Å². The van der Waals surface area contributed by atoms with Gasteiger partial charge in [-0.05, 0) is 6.07 Å². The zero-order chi connectivity index (χ0) is 10.7. The van der Waals surface area contributed by atoms with Crippen LogP contribution in [0.15, 0.2) is 18.2 Å². The molecule has 0 aliphatic rings. The van der Waals surface area contributed by atoms with Crippen molar-refractivity contribution in [3.8, 4) is 5.75 Å². The van der Waals surface area contributed by atoms with Gasteiger partial charge in [0.25, 0.3) is 5.69 Å². The lowest BCUT2D eigenvalue weighted by Gasteiger charge is -2.02. The first-order valence-electron chi connectivity index (χ1n) is 3.34. The molecule has 1 aromatic carbocycles. The molecule has 14 heavy (non-hydrogen) atoms. The zero-order valence-corrected chi connectivity index (χ0v) is 7.56. The van der Waals surface area contributed by atoms with E-state index < -0.39 is 16.3 Å². The van der Waals surface area contributed by atoms with Crippen molar-refractivity contribution in [2.45, 2.75) is 0 Å². The van der Waals surface area contributed by atoms with E-state index in [0.717, 1.165) is 18.2 Å². The van der Waals surface area contributed by atoms with Crippen LogP contribution in [0.5, 0.6) is 5.75 Å². The lowest BCUT2D eigenvalue weighted by molar-refractivity contribution is -0.384. The number of benzene rings is 1. The third kappa shape index (κ3) is 2.41. The highest BCUT2D eigenvalue weighted by Crippen LogP contribution is 2.26. The second-order valence-corrected chi connectivity index (χ2v) is 2.88. The number of nitro groups is 1. The smallest absolute Gasteiger partial charge is 0.357 e. The molecule has 3 N–H and O–H groups in total. The van der Waals surface area contributed by atoms with Crippen LogP contribution >= 0.6 is 0 Å². The monoisotopic (exact) mass is 218 g/mol. The summed E-state index contributed by atoms with van der Waals surface area (Å²) in [7, 11) is 0. The summed E-state index contributed by atoms with van der Waals surface area (Å²) in [5.74, 6) is -0.0727. The quantitative estimate of drug-likeness (QED) is 0.333. The van der Waals surface area contributed by atoms with Gasteiger partial charge < -0.3 is 9.92 Å². The lowest BCUT2D eigenvalue weighted by atomic mass is 10.2. The van der Waals surface area contributed by atoms with Gasteiger partial charge in [0, 0.05) is 12.1 Å². The van der Waals surface area contributed by atoms with Crippen molar-refractivity contribution < 1.29 is 17.9 Å². The summed E-state index contributed by atoms with van der Waals surface area (Å²) in [4.78, 5) is 9.66. The molecular weight excluding hydrogens is 212 g/mol. The number of anilines is 1. The molecule has 1 rings (SSSR count). The summed E-state index contributed by atoms with van der Waals surface area (Å²) in [6.07, 6.45) is 0. The molecule has 0 spiro atoms. The molecule has 0 aliphatic carbocycles.